The van der Waals surface area contributed by atoms with Crippen LogP contribution in [0.4, 0.5) is 5.69 Å². The average Bonchev–Trinajstić information content (AvgIpc) is 3.08. The van der Waals surface area contributed by atoms with E-state index in [1.165, 1.54) is 4.90 Å². The number of nitrogens with one attached hydrogen (secondary N) is 1. The molecule has 0 saturated heterocycles. The number of hydrogen-bond acceptors (Lipinski definition) is 4. The third-order valence-corrected chi connectivity index (χ3v) is 3.39. The first-order chi connectivity index (χ1) is 10.4. The van der Waals surface area contributed by atoms with Crippen molar-refractivity contribution in [2.45, 2.75) is 19.8 Å². The Morgan fingerprint density at radius 2 is 2.14 bits per heavy atom. The predicted molar refractivity (Wildman–Crippen MR) is 81.6 cm³/mol. The standard InChI is InChI=1S/C15H20N4O3/c1-10-13(14(17-19(10)4)15(21)18(2)3)16-12(20)8-7-11-6-5-9-22-11/h5-6,9H,7-8H2,1-4H3,(H,16,20). The molecule has 0 aromatic carbocycles. The van der Waals surface area contributed by atoms with Gasteiger partial charge in [-0.05, 0) is 19.1 Å². The molecule has 2 aromatic rings. The second kappa shape index (κ2) is 6.46. The molecular weight excluding hydrogens is 284 g/mol. The van der Waals surface area contributed by atoms with Crippen LogP contribution in [0.3, 0.4) is 0 Å². The lowest BCUT2D eigenvalue weighted by Gasteiger charge is -2.10. The van der Waals surface area contributed by atoms with Crippen LogP contribution in [-0.2, 0) is 18.3 Å². The molecule has 0 aliphatic rings. The number of amides is 2. The lowest BCUT2D eigenvalue weighted by Crippen LogP contribution is -2.24. The number of furan rings is 1. The minimum atomic E-state index is -0.245. The van der Waals surface area contributed by atoms with E-state index in [9.17, 15) is 9.59 Å². The van der Waals surface area contributed by atoms with Crippen molar-refractivity contribution in [3.63, 3.8) is 0 Å². The van der Waals surface area contributed by atoms with Gasteiger partial charge in [-0.2, -0.15) is 5.10 Å². The normalized spacial score (nSPS) is 10.5. The Bertz CT molecular complexity index is 671. The average molecular weight is 304 g/mol. The van der Waals surface area contributed by atoms with Crippen LogP contribution in [0.2, 0.25) is 0 Å². The quantitative estimate of drug-likeness (QED) is 0.909. The zero-order valence-electron chi connectivity index (χ0n) is 13.2. The molecule has 0 aliphatic heterocycles. The maximum absolute atomic E-state index is 12.1. The van der Waals surface area contributed by atoms with Crippen molar-refractivity contribution in [2.75, 3.05) is 19.4 Å². The molecule has 2 amide bonds. The molecule has 0 aliphatic carbocycles. The number of aryl methyl sites for hydroxylation is 2. The lowest BCUT2D eigenvalue weighted by molar-refractivity contribution is -0.116. The van der Waals surface area contributed by atoms with Crippen LogP contribution >= 0.6 is 0 Å². The molecule has 0 saturated carbocycles. The summed E-state index contributed by atoms with van der Waals surface area (Å²) in [7, 11) is 5.03. The van der Waals surface area contributed by atoms with E-state index in [0.717, 1.165) is 11.5 Å². The van der Waals surface area contributed by atoms with Crippen LogP contribution in [0.25, 0.3) is 0 Å². The van der Waals surface area contributed by atoms with Crippen molar-refractivity contribution < 1.29 is 14.0 Å². The molecule has 0 radical (unpaired) electrons. The Morgan fingerprint density at radius 1 is 1.41 bits per heavy atom. The highest BCUT2D eigenvalue weighted by Gasteiger charge is 2.22. The van der Waals surface area contributed by atoms with Gasteiger partial charge < -0.3 is 14.6 Å². The maximum Gasteiger partial charge on any atom is 0.276 e. The largest absolute Gasteiger partial charge is 0.469 e. The fraction of sp³-hybridized carbons (Fsp3) is 0.400. The van der Waals surface area contributed by atoms with E-state index in [0.29, 0.717) is 12.1 Å². The fourth-order valence-electron chi connectivity index (χ4n) is 2.01. The van der Waals surface area contributed by atoms with Gasteiger partial charge >= 0.3 is 0 Å². The molecule has 1 N–H and O–H groups in total. The second-order valence-electron chi connectivity index (χ2n) is 5.26. The minimum Gasteiger partial charge on any atom is -0.469 e. The lowest BCUT2D eigenvalue weighted by atomic mass is 10.2. The van der Waals surface area contributed by atoms with Crippen LogP contribution < -0.4 is 5.32 Å². The monoisotopic (exact) mass is 304 g/mol. The first kappa shape index (κ1) is 15.8. The number of anilines is 1. The van der Waals surface area contributed by atoms with Gasteiger partial charge in [0.1, 0.15) is 5.76 Å². The molecule has 0 spiro atoms. The van der Waals surface area contributed by atoms with Gasteiger partial charge in [-0.15, -0.1) is 0 Å². The fourth-order valence-corrected chi connectivity index (χ4v) is 2.01. The van der Waals surface area contributed by atoms with Crippen molar-refractivity contribution in [3.05, 3.63) is 35.5 Å². The number of carbonyl (C=O) groups excluding carboxylic acids is 2. The van der Waals surface area contributed by atoms with Crippen LogP contribution in [0.5, 0.6) is 0 Å². The first-order valence-corrected chi connectivity index (χ1v) is 6.97. The topological polar surface area (TPSA) is 80.4 Å². The Balaban J connectivity index is 2.11. The van der Waals surface area contributed by atoms with Gasteiger partial charge in [-0.3, -0.25) is 14.3 Å². The van der Waals surface area contributed by atoms with Crippen molar-refractivity contribution in [2.24, 2.45) is 7.05 Å². The number of rotatable bonds is 5. The highest BCUT2D eigenvalue weighted by Crippen LogP contribution is 2.21. The summed E-state index contributed by atoms with van der Waals surface area (Å²) in [6.07, 6.45) is 2.36. The van der Waals surface area contributed by atoms with E-state index in [-0.39, 0.29) is 23.9 Å². The molecule has 7 heteroatoms. The number of hydrogen-bond donors (Lipinski definition) is 1. The van der Waals surface area contributed by atoms with Gasteiger partial charge in [0.25, 0.3) is 5.91 Å². The molecule has 22 heavy (non-hydrogen) atoms. The van der Waals surface area contributed by atoms with E-state index in [1.807, 2.05) is 13.0 Å². The molecule has 2 heterocycles. The molecule has 0 bridgehead atoms. The summed E-state index contributed by atoms with van der Waals surface area (Å²) < 4.78 is 6.78. The Labute approximate surface area is 128 Å². The summed E-state index contributed by atoms with van der Waals surface area (Å²) in [6.45, 7) is 1.81. The Morgan fingerprint density at radius 3 is 2.73 bits per heavy atom. The third kappa shape index (κ3) is 3.36. The summed E-state index contributed by atoms with van der Waals surface area (Å²) in [5.74, 6) is 0.327. The van der Waals surface area contributed by atoms with Gasteiger partial charge in [-0.25, -0.2) is 0 Å². The zero-order chi connectivity index (χ0) is 16.3. The molecule has 0 atom stereocenters. The van der Waals surface area contributed by atoms with Crippen LogP contribution in [-0.4, -0.2) is 40.6 Å². The number of aromatic nitrogens is 2. The smallest absolute Gasteiger partial charge is 0.276 e. The maximum atomic E-state index is 12.1. The van der Waals surface area contributed by atoms with Gasteiger partial charge in [0, 0.05) is 34.0 Å². The van der Waals surface area contributed by atoms with Gasteiger partial charge in [0.2, 0.25) is 5.91 Å². The summed E-state index contributed by atoms with van der Waals surface area (Å²) in [6, 6.07) is 3.61. The number of carbonyl (C=O) groups is 2. The van der Waals surface area contributed by atoms with Crippen LogP contribution in [0.1, 0.15) is 28.4 Å². The molecule has 7 nitrogen and oxygen atoms in total. The zero-order valence-corrected chi connectivity index (χ0v) is 13.2. The molecule has 0 fully saturated rings. The molecule has 2 aromatic heterocycles. The van der Waals surface area contributed by atoms with Crippen LogP contribution in [0.15, 0.2) is 22.8 Å². The summed E-state index contributed by atoms with van der Waals surface area (Å²) in [5.41, 5.74) is 1.44. The molecule has 0 unspecified atom stereocenters. The highest BCUT2D eigenvalue weighted by molar-refractivity contribution is 6.02. The van der Waals surface area contributed by atoms with E-state index in [1.54, 1.807) is 38.2 Å². The summed E-state index contributed by atoms with van der Waals surface area (Å²) in [5, 5.41) is 6.97. The Kier molecular flexibility index (Phi) is 4.65. The van der Waals surface area contributed by atoms with E-state index in [4.69, 9.17) is 4.42 Å². The Hall–Kier alpha value is -2.57. The minimum absolute atomic E-state index is 0.180. The van der Waals surface area contributed by atoms with Crippen LogP contribution in [0, 0.1) is 6.92 Å². The second-order valence-corrected chi connectivity index (χ2v) is 5.26. The third-order valence-electron chi connectivity index (χ3n) is 3.39. The van der Waals surface area contributed by atoms with E-state index < -0.39 is 0 Å². The van der Waals surface area contributed by atoms with Gasteiger partial charge in [0.15, 0.2) is 5.69 Å². The van der Waals surface area contributed by atoms with Crippen molar-refractivity contribution in [3.8, 4) is 0 Å². The van der Waals surface area contributed by atoms with Crippen molar-refractivity contribution in [1.29, 1.82) is 0 Å². The van der Waals surface area contributed by atoms with Crippen molar-refractivity contribution in [1.82, 2.24) is 14.7 Å². The molecular formula is C15H20N4O3. The summed E-state index contributed by atoms with van der Waals surface area (Å²) in [4.78, 5) is 25.7. The molecule has 118 valence electrons. The SMILES string of the molecule is Cc1c(NC(=O)CCc2ccco2)c(C(=O)N(C)C)nn1C. The highest BCUT2D eigenvalue weighted by atomic mass is 16.3. The van der Waals surface area contributed by atoms with Crippen molar-refractivity contribution >= 4 is 17.5 Å². The number of nitrogens with zero attached hydrogens (tertiary/aromatic N) is 3. The van der Waals surface area contributed by atoms with Gasteiger partial charge in [-0.1, -0.05) is 0 Å². The van der Waals surface area contributed by atoms with Gasteiger partial charge in [0.05, 0.1) is 17.6 Å². The molecule has 2 rings (SSSR count). The van der Waals surface area contributed by atoms with E-state index in [2.05, 4.69) is 10.4 Å². The predicted octanol–water partition coefficient (Wildman–Crippen LogP) is 1.59. The summed E-state index contributed by atoms with van der Waals surface area (Å²) >= 11 is 0. The first-order valence-electron chi connectivity index (χ1n) is 6.97. The van der Waals surface area contributed by atoms with E-state index >= 15 is 0 Å².